The van der Waals surface area contributed by atoms with Gasteiger partial charge in [-0.2, -0.15) is 4.57 Å². The summed E-state index contributed by atoms with van der Waals surface area (Å²) >= 11 is 0. The van der Waals surface area contributed by atoms with Crippen LogP contribution in [0.25, 0.3) is 43.6 Å². The van der Waals surface area contributed by atoms with E-state index in [1.165, 1.54) is 18.4 Å². The van der Waals surface area contributed by atoms with E-state index in [9.17, 15) is 18.6 Å². The Morgan fingerprint density at radius 2 is 1.49 bits per heavy atom. The van der Waals surface area contributed by atoms with E-state index in [1.807, 2.05) is 48.1 Å². The number of fused-ring (bicyclic) bond motifs is 5. The number of hydrogen-bond acceptors (Lipinski definition) is 6. The number of benzene rings is 4. The third-order valence-corrected chi connectivity index (χ3v) is 9.14. The van der Waals surface area contributed by atoms with Gasteiger partial charge < -0.3 is 19.7 Å². The summed E-state index contributed by atoms with van der Waals surface area (Å²) in [6, 6.07) is 16.6. The topological polar surface area (TPSA) is 100 Å². The average Bonchev–Trinajstić information content (AvgIpc) is 2.94. The van der Waals surface area contributed by atoms with Crippen molar-refractivity contribution in [2.45, 2.75) is 18.1 Å². The van der Waals surface area contributed by atoms with Crippen molar-refractivity contribution in [3.63, 3.8) is 0 Å². The highest BCUT2D eigenvalue weighted by Crippen LogP contribution is 2.46. The minimum absolute atomic E-state index is 0.152. The van der Waals surface area contributed by atoms with Gasteiger partial charge in [-0.1, -0.05) is 30.3 Å². The molecule has 0 unspecified atom stereocenters. The summed E-state index contributed by atoms with van der Waals surface area (Å²) in [6.45, 7) is -0.332. The fourth-order valence-electron chi connectivity index (χ4n) is 5.34. The van der Waals surface area contributed by atoms with Gasteiger partial charge in [0, 0.05) is 30.4 Å². The number of aromatic nitrogens is 1. The summed E-state index contributed by atoms with van der Waals surface area (Å²) in [6.07, 6.45) is 1.97. The summed E-state index contributed by atoms with van der Waals surface area (Å²) < 4.78 is 40.1. The van der Waals surface area contributed by atoms with Crippen LogP contribution in [0.15, 0.2) is 65.7 Å². The molecule has 8 nitrogen and oxygen atoms in total. The molecule has 0 fully saturated rings. The minimum atomic E-state index is -3.57. The van der Waals surface area contributed by atoms with Crippen molar-refractivity contribution >= 4 is 42.5 Å². The maximum atomic E-state index is 12.6. The molecule has 5 rings (SSSR count). The van der Waals surface area contributed by atoms with E-state index in [-0.39, 0.29) is 18.1 Å². The lowest BCUT2D eigenvalue weighted by atomic mass is 9.92. The first-order valence-corrected chi connectivity index (χ1v) is 13.8. The Labute approximate surface area is 227 Å². The van der Waals surface area contributed by atoms with Crippen molar-refractivity contribution in [1.29, 1.82) is 0 Å². The van der Waals surface area contributed by atoms with E-state index >= 15 is 0 Å². The standard InChI is InChI=1S/C30H31N2O6S/c1-31(2)39(35,36)20-9-6-18(7-10-20)28-22-12-13-23-21-11-8-19(16-33)26(17-34)25(21)15-32(3)29(23)24(22)14-27(37-4)30(28)38-5/h6-15,33-34H,16-17H2,1-5H3/q+1. The van der Waals surface area contributed by atoms with Gasteiger partial charge in [0.1, 0.15) is 7.05 Å². The number of rotatable bonds is 7. The Bertz CT molecular complexity index is 1850. The summed E-state index contributed by atoms with van der Waals surface area (Å²) in [5, 5.41) is 24.5. The van der Waals surface area contributed by atoms with E-state index in [4.69, 9.17) is 9.47 Å². The highest BCUT2D eigenvalue weighted by molar-refractivity contribution is 7.89. The van der Waals surface area contributed by atoms with Gasteiger partial charge in [-0.25, -0.2) is 12.7 Å². The fourth-order valence-corrected chi connectivity index (χ4v) is 6.24. The highest BCUT2D eigenvalue weighted by atomic mass is 32.2. The van der Waals surface area contributed by atoms with Gasteiger partial charge in [0.05, 0.1) is 48.5 Å². The molecule has 1 aromatic heterocycles. The fraction of sp³-hybridized carbons (Fsp3) is 0.233. The molecule has 0 saturated heterocycles. The largest absolute Gasteiger partial charge is 0.493 e. The number of ether oxygens (including phenoxy) is 2. The van der Waals surface area contributed by atoms with Gasteiger partial charge in [0.25, 0.3) is 0 Å². The van der Waals surface area contributed by atoms with Crippen LogP contribution in [-0.2, 0) is 30.3 Å². The quantitative estimate of drug-likeness (QED) is 0.237. The predicted octanol–water partition coefficient (Wildman–Crippen LogP) is 3.89. The molecule has 4 aromatic carbocycles. The molecule has 0 bridgehead atoms. The molecule has 1 heterocycles. The molecular formula is C30H31N2O6S+. The molecule has 0 atom stereocenters. The Morgan fingerprint density at radius 3 is 2.08 bits per heavy atom. The molecule has 0 aliphatic carbocycles. The second kappa shape index (κ2) is 10.1. The molecule has 9 heteroatoms. The summed E-state index contributed by atoms with van der Waals surface area (Å²) in [7, 11) is 4.56. The predicted molar refractivity (Wildman–Crippen MR) is 151 cm³/mol. The van der Waals surface area contributed by atoms with Gasteiger partial charge in [-0.3, -0.25) is 0 Å². The van der Waals surface area contributed by atoms with Crippen molar-refractivity contribution < 1.29 is 32.7 Å². The van der Waals surface area contributed by atoms with Crippen LogP contribution < -0.4 is 14.0 Å². The number of aliphatic hydroxyl groups excluding tert-OH is 2. The lowest BCUT2D eigenvalue weighted by molar-refractivity contribution is -0.642. The molecule has 0 amide bonds. The van der Waals surface area contributed by atoms with Gasteiger partial charge in [-0.05, 0) is 41.0 Å². The molecule has 5 aromatic rings. The molecule has 0 aliphatic rings. The number of sulfonamides is 1. The number of nitrogens with zero attached hydrogens (tertiary/aromatic N) is 2. The first-order valence-electron chi connectivity index (χ1n) is 12.4. The maximum absolute atomic E-state index is 12.6. The monoisotopic (exact) mass is 547 g/mol. The van der Waals surface area contributed by atoms with Gasteiger partial charge in [-0.15, -0.1) is 0 Å². The van der Waals surface area contributed by atoms with Crippen LogP contribution in [0.3, 0.4) is 0 Å². The Morgan fingerprint density at radius 1 is 0.821 bits per heavy atom. The van der Waals surface area contributed by atoms with E-state index in [2.05, 4.69) is 0 Å². The summed E-state index contributed by atoms with van der Waals surface area (Å²) in [5.74, 6) is 1.09. The third kappa shape index (κ3) is 4.18. The maximum Gasteiger partial charge on any atom is 0.242 e. The van der Waals surface area contributed by atoms with Crippen molar-refractivity contribution in [2.24, 2.45) is 7.05 Å². The molecule has 202 valence electrons. The van der Waals surface area contributed by atoms with Crippen molar-refractivity contribution in [1.82, 2.24) is 4.31 Å². The zero-order chi connectivity index (χ0) is 28.1. The molecule has 0 spiro atoms. The van der Waals surface area contributed by atoms with Crippen LogP contribution in [0.5, 0.6) is 11.5 Å². The summed E-state index contributed by atoms with van der Waals surface area (Å²) in [5.41, 5.74) is 3.92. The molecule has 2 N–H and O–H groups in total. The molecule has 0 aliphatic heterocycles. The van der Waals surface area contributed by atoms with Gasteiger partial charge >= 0.3 is 0 Å². The van der Waals surface area contributed by atoms with Crippen LogP contribution in [0.2, 0.25) is 0 Å². The molecule has 0 radical (unpaired) electrons. The number of pyridine rings is 1. The Kier molecular flexibility index (Phi) is 6.94. The van der Waals surface area contributed by atoms with Crippen LogP contribution >= 0.6 is 0 Å². The smallest absolute Gasteiger partial charge is 0.242 e. The van der Waals surface area contributed by atoms with Crippen molar-refractivity contribution in [3.8, 4) is 22.6 Å². The van der Waals surface area contributed by atoms with Gasteiger partial charge in [0.2, 0.25) is 15.5 Å². The average molecular weight is 548 g/mol. The zero-order valence-corrected chi connectivity index (χ0v) is 23.3. The second-order valence-electron chi connectivity index (χ2n) is 9.58. The van der Waals surface area contributed by atoms with Crippen LogP contribution in [-0.4, -0.2) is 51.3 Å². The number of hydrogen-bond donors (Lipinski definition) is 2. The second-order valence-corrected chi connectivity index (χ2v) is 11.7. The number of aryl methyl sites for hydroxylation is 1. The lowest BCUT2D eigenvalue weighted by Gasteiger charge is -2.18. The Balaban J connectivity index is 1.87. The highest BCUT2D eigenvalue weighted by Gasteiger charge is 2.24. The van der Waals surface area contributed by atoms with Crippen LogP contribution in [0.1, 0.15) is 11.1 Å². The normalized spacial score (nSPS) is 12.1. The van der Waals surface area contributed by atoms with Crippen molar-refractivity contribution in [2.75, 3.05) is 28.3 Å². The minimum Gasteiger partial charge on any atom is -0.493 e. The lowest BCUT2D eigenvalue weighted by Crippen LogP contribution is -2.29. The Hall–Kier alpha value is -3.76. The number of aliphatic hydroxyl groups is 2. The zero-order valence-electron chi connectivity index (χ0n) is 22.5. The van der Waals surface area contributed by atoms with Crippen molar-refractivity contribution in [3.05, 3.63) is 71.9 Å². The van der Waals surface area contributed by atoms with E-state index < -0.39 is 10.0 Å². The SMILES string of the molecule is COc1cc2c(ccc3c4ccc(CO)c(CO)c4c[n+](C)c23)c(-c2ccc(S(=O)(=O)N(C)C)cc2)c1OC. The third-order valence-electron chi connectivity index (χ3n) is 7.31. The van der Waals surface area contributed by atoms with E-state index in [0.717, 1.165) is 43.6 Å². The van der Waals surface area contributed by atoms with E-state index in [1.54, 1.807) is 38.5 Å². The first kappa shape index (κ1) is 26.8. The molecule has 39 heavy (non-hydrogen) atoms. The number of methoxy groups -OCH3 is 2. The van der Waals surface area contributed by atoms with Crippen LogP contribution in [0.4, 0.5) is 0 Å². The van der Waals surface area contributed by atoms with E-state index in [0.29, 0.717) is 22.6 Å². The molecule has 0 saturated carbocycles. The van der Waals surface area contributed by atoms with Gasteiger partial charge in [0.15, 0.2) is 17.7 Å². The summed E-state index contributed by atoms with van der Waals surface area (Å²) in [4.78, 5) is 0.202. The van der Waals surface area contributed by atoms with Crippen LogP contribution in [0, 0.1) is 0 Å². The molecular weight excluding hydrogens is 516 g/mol. The first-order chi connectivity index (χ1) is 18.7.